The molecular weight excluding hydrogens is 600 g/mol. The van der Waals surface area contributed by atoms with Gasteiger partial charge in [0.1, 0.15) is 5.69 Å². The highest BCUT2D eigenvalue weighted by Crippen LogP contribution is 2.53. The normalized spacial score (nSPS) is 22.3. The highest BCUT2D eigenvalue weighted by molar-refractivity contribution is 5.95. The number of nitrogens with zero attached hydrogens (tertiary/aromatic N) is 2. The van der Waals surface area contributed by atoms with Gasteiger partial charge in [-0.3, -0.25) is 0 Å². The summed E-state index contributed by atoms with van der Waals surface area (Å²) in [6.07, 6.45) is 7.55. The molecule has 0 amide bonds. The van der Waals surface area contributed by atoms with E-state index in [1.807, 2.05) is 86.7 Å². The Labute approximate surface area is 274 Å². The predicted molar refractivity (Wildman–Crippen MR) is 172 cm³/mol. The molecule has 2 aliphatic rings. The molecule has 0 N–H and O–H groups in total. The molecule has 1 heterocycles. The quantitative estimate of drug-likeness (QED) is 0.173. The van der Waals surface area contributed by atoms with Crippen LogP contribution in [0.25, 0.3) is 0 Å². The van der Waals surface area contributed by atoms with Crippen LogP contribution >= 0.6 is 0 Å². The van der Waals surface area contributed by atoms with Crippen LogP contribution in [0.5, 0.6) is 0 Å². The number of esters is 4. The molecule has 246 valence electrons. The van der Waals surface area contributed by atoms with Crippen molar-refractivity contribution in [1.82, 2.24) is 9.55 Å². The highest BCUT2D eigenvalue weighted by atomic mass is 16.6. The minimum Gasteiger partial charge on any atom is -0.466 e. The van der Waals surface area contributed by atoms with Gasteiger partial charge in [0.15, 0.2) is 0 Å². The number of hydrogen-bond acceptors (Lipinski definition) is 9. The maximum absolute atomic E-state index is 13.6. The summed E-state index contributed by atoms with van der Waals surface area (Å²) in [6, 6.07) is 19.2. The second-order valence-electron chi connectivity index (χ2n) is 12.2. The molecule has 0 spiro atoms. The Hall–Kier alpha value is -4.99. The first kappa shape index (κ1) is 33.4. The minimum atomic E-state index is -1.52. The van der Waals surface area contributed by atoms with Crippen LogP contribution in [-0.2, 0) is 33.3 Å². The summed E-state index contributed by atoms with van der Waals surface area (Å²) in [5.74, 6) is -4.04. The molecule has 1 saturated carbocycles. The van der Waals surface area contributed by atoms with Crippen molar-refractivity contribution in [3.8, 4) is 0 Å². The van der Waals surface area contributed by atoms with Crippen LogP contribution in [0.4, 0.5) is 0 Å². The number of carbonyl (C=O) groups excluding carboxylic acids is 4. The fourth-order valence-corrected chi connectivity index (χ4v) is 6.42. The van der Waals surface area contributed by atoms with Crippen molar-refractivity contribution in [3.63, 3.8) is 0 Å². The van der Waals surface area contributed by atoms with Gasteiger partial charge in [-0.05, 0) is 30.4 Å². The number of carbonyl (C=O) groups is 4. The van der Waals surface area contributed by atoms with Gasteiger partial charge in [-0.25, -0.2) is 24.2 Å². The van der Waals surface area contributed by atoms with Gasteiger partial charge in [-0.1, -0.05) is 92.7 Å². The van der Waals surface area contributed by atoms with Crippen molar-refractivity contribution < 1.29 is 38.1 Å². The van der Waals surface area contributed by atoms with Crippen LogP contribution in [0.3, 0.4) is 0 Å². The SMILES string of the molecule is COC(=O)[C@H](OC(=O)c1cncn1[C@H](C)c1ccccc1)C(C)CC1CC1(OC(=O)C1=CC=CC1[C@H](C)c1ccccc1)C(=O)OC. The summed E-state index contributed by atoms with van der Waals surface area (Å²) in [5, 5.41) is 0. The Morgan fingerprint density at radius 1 is 0.915 bits per heavy atom. The molecule has 10 heteroatoms. The van der Waals surface area contributed by atoms with Crippen LogP contribution in [0.2, 0.25) is 0 Å². The van der Waals surface area contributed by atoms with Crippen LogP contribution in [0, 0.1) is 17.8 Å². The number of rotatable bonds is 13. The zero-order valence-corrected chi connectivity index (χ0v) is 27.2. The van der Waals surface area contributed by atoms with E-state index in [9.17, 15) is 19.2 Å². The van der Waals surface area contributed by atoms with Crippen molar-refractivity contribution in [2.24, 2.45) is 17.8 Å². The third-order valence-electron chi connectivity index (χ3n) is 9.32. The van der Waals surface area contributed by atoms with E-state index in [1.165, 1.54) is 26.7 Å². The van der Waals surface area contributed by atoms with E-state index in [4.69, 9.17) is 18.9 Å². The number of hydrogen-bond donors (Lipinski definition) is 0. The number of methoxy groups -OCH3 is 2. The fraction of sp³-hybridized carbons (Fsp3) is 0.378. The number of imidazole rings is 1. The molecule has 0 saturated heterocycles. The predicted octanol–water partition coefficient (Wildman–Crippen LogP) is 5.61. The van der Waals surface area contributed by atoms with Gasteiger partial charge in [0.2, 0.25) is 11.7 Å². The maximum Gasteiger partial charge on any atom is 0.357 e. The second-order valence-corrected chi connectivity index (χ2v) is 12.2. The van der Waals surface area contributed by atoms with E-state index in [2.05, 4.69) is 4.98 Å². The molecule has 2 aliphatic carbocycles. The van der Waals surface area contributed by atoms with E-state index in [0.717, 1.165) is 11.1 Å². The van der Waals surface area contributed by atoms with Gasteiger partial charge < -0.3 is 23.5 Å². The van der Waals surface area contributed by atoms with Crippen LogP contribution < -0.4 is 0 Å². The zero-order valence-electron chi connectivity index (χ0n) is 27.2. The number of allylic oxidation sites excluding steroid dienone is 3. The molecule has 3 aromatic rings. The molecule has 47 heavy (non-hydrogen) atoms. The molecule has 1 fully saturated rings. The average Bonchev–Trinajstić information content (AvgIpc) is 3.45. The van der Waals surface area contributed by atoms with Crippen LogP contribution in [0.15, 0.2) is 97.0 Å². The summed E-state index contributed by atoms with van der Waals surface area (Å²) in [6.45, 7) is 5.69. The van der Waals surface area contributed by atoms with E-state index in [1.54, 1.807) is 17.6 Å². The molecule has 5 rings (SSSR count). The molecule has 0 aliphatic heterocycles. The number of aromatic nitrogens is 2. The van der Waals surface area contributed by atoms with Crippen molar-refractivity contribution in [1.29, 1.82) is 0 Å². The third-order valence-corrected chi connectivity index (χ3v) is 9.32. The lowest BCUT2D eigenvalue weighted by Gasteiger charge is -2.25. The van der Waals surface area contributed by atoms with Crippen molar-refractivity contribution >= 4 is 23.9 Å². The standard InChI is InChI=1S/C37H40N2O8/c1-23(32(35(42)44-4)46-34(41)31-21-38-22-39(31)25(3)27-15-10-7-11-16-27)19-28-20-37(28,36(43)45-5)47-33(40)30-18-12-17-29(30)24(2)26-13-8-6-9-14-26/h6-18,21-25,28-29,32H,19-20H2,1-5H3/t23?,24-,25-,28?,29?,32-,37?/m1/s1. The smallest absolute Gasteiger partial charge is 0.357 e. The first-order chi connectivity index (χ1) is 22.6. The largest absolute Gasteiger partial charge is 0.466 e. The lowest BCUT2D eigenvalue weighted by atomic mass is 9.84. The van der Waals surface area contributed by atoms with Crippen molar-refractivity contribution in [2.75, 3.05) is 14.2 Å². The summed E-state index contributed by atoms with van der Waals surface area (Å²) < 4.78 is 23.4. The molecular formula is C37H40N2O8. The summed E-state index contributed by atoms with van der Waals surface area (Å²) in [5.41, 5.74) is 1.14. The molecule has 1 aromatic heterocycles. The van der Waals surface area contributed by atoms with E-state index >= 15 is 0 Å². The summed E-state index contributed by atoms with van der Waals surface area (Å²) in [7, 11) is 2.46. The van der Waals surface area contributed by atoms with Crippen LogP contribution in [-0.4, -0.2) is 59.4 Å². The lowest BCUT2D eigenvalue weighted by Crippen LogP contribution is -2.37. The topological polar surface area (TPSA) is 123 Å². The Balaban J connectivity index is 1.28. The first-order valence-corrected chi connectivity index (χ1v) is 15.7. The Morgan fingerprint density at radius 2 is 1.57 bits per heavy atom. The third kappa shape index (κ3) is 6.91. The van der Waals surface area contributed by atoms with Gasteiger partial charge in [0.05, 0.1) is 32.8 Å². The van der Waals surface area contributed by atoms with E-state index < -0.39 is 47.4 Å². The average molecular weight is 641 g/mol. The fourth-order valence-electron chi connectivity index (χ4n) is 6.42. The van der Waals surface area contributed by atoms with E-state index in [-0.39, 0.29) is 36.4 Å². The van der Waals surface area contributed by atoms with Crippen molar-refractivity contribution in [2.45, 2.75) is 57.3 Å². The Bertz CT molecular complexity index is 1660. The summed E-state index contributed by atoms with van der Waals surface area (Å²) >= 11 is 0. The molecule has 0 bridgehead atoms. The minimum absolute atomic E-state index is 0.000311. The highest BCUT2D eigenvalue weighted by Gasteiger charge is 2.65. The van der Waals surface area contributed by atoms with Gasteiger partial charge in [-0.15, -0.1) is 0 Å². The lowest BCUT2D eigenvalue weighted by molar-refractivity contribution is -0.169. The second kappa shape index (κ2) is 14.2. The Kier molecular flexibility index (Phi) is 10.1. The van der Waals surface area contributed by atoms with Gasteiger partial charge >= 0.3 is 23.9 Å². The number of benzene rings is 2. The van der Waals surface area contributed by atoms with Gasteiger partial charge in [-0.2, -0.15) is 0 Å². The van der Waals surface area contributed by atoms with Gasteiger partial charge in [0.25, 0.3) is 0 Å². The molecule has 7 atom stereocenters. The van der Waals surface area contributed by atoms with Crippen molar-refractivity contribution in [3.05, 3.63) is 114 Å². The van der Waals surface area contributed by atoms with Crippen LogP contribution in [0.1, 0.15) is 67.2 Å². The van der Waals surface area contributed by atoms with Gasteiger partial charge in [0, 0.05) is 29.7 Å². The zero-order chi connectivity index (χ0) is 33.7. The first-order valence-electron chi connectivity index (χ1n) is 15.7. The molecule has 10 nitrogen and oxygen atoms in total. The molecule has 0 radical (unpaired) electrons. The Morgan fingerprint density at radius 3 is 2.21 bits per heavy atom. The summed E-state index contributed by atoms with van der Waals surface area (Å²) in [4.78, 5) is 57.1. The molecule has 2 aromatic carbocycles. The number of ether oxygens (including phenoxy) is 4. The van der Waals surface area contributed by atoms with E-state index in [0.29, 0.717) is 5.57 Å². The molecule has 4 unspecified atom stereocenters. The monoisotopic (exact) mass is 640 g/mol. The maximum atomic E-state index is 13.6.